The van der Waals surface area contributed by atoms with Crippen LogP contribution in [0.15, 0.2) is 16.9 Å². The Bertz CT molecular complexity index is 517. The highest BCUT2D eigenvalue weighted by Gasteiger charge is 2.10. The molecule has 0 aliphatic heterocycles. The number of hydrogen-bond acceptors (Lipinski definition) is 8. The van der Waals surface area contributed by atoms with Crippen LogP contribution in [0.1, 0.15) is 5.89 Å². The fraction of sp³-hybridized carbons (Fsp3) is 0.455. The predicted octanol–water partition coefficient (Wildman–Crippen LogP) is 0.271. The van der Waals surface area contributed by atoms with Gasteiger partial charge in [-0.05, 0) is 0 Å². The van der Waals surface area contributed by atoms with Gasteiger partial charge in [0, 0.05) is 19.7 Å². The fourth-order valence-electron chi connectivity index (χ4n) is 1.37. The molecule has 0 spiro atoms. The number of hydrogen-bond donors (Lipinski definition) is 1. The molecule has 0 saturated heterocycles. The quantitative estimate of drug-likeness (QED) is 0.713. The maximum absolute atomic E-state index is 5.11. The van der Waals surface area contributed by atoms with Gasteiger partial charge in [0.2, 0.25) is 17.6 Å². The van der Waals surface area contributed by atoms with E-state index in [-0.39, 0.29) is 0 Å². The second-order valence-electron chi connectivity index (χ2n) is 3.63. The van der Waals surface area contributed by atoms with Crippen molar-refractivity contribution in [1.29, 1.82) is 0 Å². The Hall–Kier alpha value is -2.06. The second-order valence-corrected chi connectivity index (χ2v) is 3.63. The number of nitrogens with one attached hydrogen (secondary N) is 1. The Labute approximate surface area is 110 Å². The molecule has 0 unspecified atom stereocenters. The van der Waals surface area contributed by atoms with E-state index in [0.717, 1.165) is 6.54 Å². The molecule has 0 fully saturated rings. The molecule has 2 aromatic heterocycles. The first-order valence-electron chi connectivity index (χ1n) is 5.72. The third-order valence-corrected chi connectivity index (χ3v) is 2.31. The standard InChI is InChI=1S/C11H15N5O3/c1-17-4-3-12-6-10-15-11(16-19-10)8-5-9(18-2)14-7-13-8/h5,7,12H,3-4,6H2,1-2H3. The lowest BCUT2D eigenvalue weighted by molar-refractivity contribution is 0.197. The SMILES string of the molecule is COCCNCc1nc(-c2cc(OC)ncn2)no1. The highest BCUT2D eigenvalue weighted by molar-refractivity contribution is 5.48. The van der Waals surface area contributed by atoms with Crippen molar-refractivity contribution in [3.8, 4) is 17.4 Å². The molecule has 0 aliphatic carbocycles. The van der Waals surface area contributed by atoms with Crippen LogP contribution in [0, 0.1) is 0 Å². The zero-order valence-corrected chi connectivity index (χ0v) is 10.8. The summed E-state index contributed by atoms with van der Waals surface area (Å²) < 4.78 is 15.0. The fourth-order valence-corrected chi connectivity index (χ4v) is 1.37. The van der Waals surface area contributed by atoms with E-state index < -0.39 is 0 Å². The van der Waals surface area contributed by atoms with Gasteiger partial charge in [0.15, 0.2) is 0 Å². The van der Waals surface area contributed by atoms with Crippen LogP contribution in [0.5, 0.6) is 5.88 Å². The number of rotatable bonds is 7. The van der Waals surface area contributed by atoms with E-state index in [2.05, 4.69) is 25.4 Å². The van der Waals surface area contributed by atoms with Gasteiger partial charge in [-0.25, -0.2) is 9.97 Å². The van der Waals surface area contributed by atoms with Gasteiger partial charge < -0.3 is 19.3 Å². The number of nitrogens with zero attached hydrogens (tertiary/aromatic N) is 4. The number of ether oxygens (including phenoxy) is 2. The smallest absolute Gasteiger partial charge is 0.240 e. The van der Waals surface area contributed by atoms with Gasteiger partial charge in [0.25, 0.3) is 0 Å². The van der Waals surface area contributed by atoms with E-state index in [1.807, 2.05) is 0 Å². The average molecular weight is 265 g/mol. The molecule has 0 atom stereocenters. The molecule has 8 nitrogen and oxygen atoms in total. The van der Waals surface area contributed by atoms with Crippen LogP contribution in [0.25, 0.3) is 11.5 Å². The summed E-state index contributed by atoms with van der Waals surface area (Å²) in [6.45, 7) is 1.83. The molecule has 0 amide bonds. The van der Waals surface area contributed by atoms with E-state index in [4.69, 9.17) is 14.0 Å². The lowest BCUT2D eigenvalue weighted by atomic mass is 10.4. The summed E-state index contributed by atoms with van der Waals surface area (Å²) in [5, 5.41) is 6.97. The maximum Gasteiger partial charge on any atom is 0.240 e. The van der Waals surface area contributed by atoms with Crippen molar-refractivity contribution in [2.45, 2.75) is 6.54 Å². The highest BCUT2D eigenvalue weighted by atomic mass is 16.5. The second kappa shape index (κ2) is 6.76. The van der Waals surface area contributed by atoms with Gasteiger partial charge in [-0.15, -0.1) is 0 Å². The van der Waals surface area contributed by atoms with Crippen LogP contribution in [-0.2, 0) is 11.3 Å². The minimum absolute atomic E-state index is 0.407. The van der Waals surface area contributed by atoms with Crippen LogP contribution in [0.2, 0.25) is 0 Å². The van der Waals surface area contributed by atoms with Crippen LogP contribution in [-0.4, -0.2) is 47.5 Å². The maximum atomic E-state index is 5.11. The lowest BCUT2D eigenvalue weighted by Crippen LogP contribution is -2.18. The Kier molecular flexibility index (Phi) is 4.76. The monoisotopic (exact) mass is 265 g/mol. The van der Waals surface area contributed by atoms with Crippen molar-refractivity contribution in [3.63, 3.8) is 0 Å². The van der Waals surface area contributed by atoms with Gasteiger partial charge in [-0.1, -0.05) is 5.16 Å². The zero-order chi connectivity index (χ0) is 13.5. The summed E-state index contributed by atoms with van der Waals surface area (Å²) in [5.41, 5.74) is 0.554. The van der Waals surface area contributed by atoms with Gasteiger partial charge in [0.05, 0.1) is 20.3 Å². The third kappa shape index (κ3) is 3.70. The molecule has 0 radical (unpaired) electrons. The molecule has 2 rings (SSSR count). The lowest BCUT2D eigenvalue weighted by Gasteiger charge is -1.99. The molecule has 0 aliphatic rings. The van der Waals surface area contributed by atoms with Crippen LogP contribution < -0.4 is 10.1 Å². The van der Waals surface area contributed by atoms with Crippen LogP contribution >= 0.6 is 0 Å². The van der Waals surface area contributed by atoms with Crippen molar-refractivity contribution in [1.82, 2.24) is 25.4 Å². The van der Waals surface area contributed by atoms with Crippen LogP contribution in [0.4, 0.5) is 0 Å². The molecule has 0 bridgehead atoms. The molecule has 0 saturated carbocycles. The first-order valence-corrected chi connectivity index (χ1v) is 5.72. The van der Waals surface area contributed by atoms with Crippen molar-refractivity contribution in [2.24, 2.45) is 0 Å². The summed E-state index contributed by atoms with van der Waals surface area (Å²) in [6.07, 6.45) is 1.39. The summed E-state index contributed by atoms with van der Waals surface area (Å²) >= 11 is 0. The summed E-state index contributed by atoms with van der Waals surface area (Å²) in [6, 6.07) is 1.65. The van der Waals surface area contributed by atoms with Gasteiger partial charge in [-0.3, -0.25) is 0 Å². The molecule has 19 heavy (non-hydrogen) atoms. The third-order valence-electron chi connectivity index (χ3n) is 2.31. The highest BCUT2D eigenvalue weighted by Crippen LogP contribution is 2.16. The molecule has 102 valence electrons. The van der Waals surface area contributed by atoms with Crippen LogP contribution in [0.3, 0.4) is 0 Å². The minimum atomic E-state index is 0.407. The Morgan fingerprint density at radius 2 is 2.21 bits per heavy atom. The minimum Gasteiger partial charge on any atom is -0.481 e. The van der Waals surface area contributed by atoms with Gasteiger partial charge in [-0.2, -0.15) is 4.98 Å². The van der Waals surface area contributed by atoms with E-state index >= 15 is 0 Å². The Morgan fingerprint density at radius 3 is 3.00 bits per heavy atom. The predicted molar refractivity (Wildman–Crippen MR) is 65.5 cm³/mol. The largest absolute Gasteiger partial charge is 0.481 e. The van der Waals surface area contributed by atoms with Gasteiger partial charge >= 0.3 is 0 Å². The topological polar surface area (TPSA) is 95.2 Å². The Morgan fingerprint density at radius 1 is 1.32 bits per heavy atom. The van der Waals surface area contributed by atoms with E-state index in [9.17, 15) is 0 Å². The first kappa shape index (κ1) is 13.4. The molecule has 2 heterocycles. The molecule has 2 aromatic rings. The summed E-state index contributed by atoms with van der Waals surface area (Å²) in [5.74, 6) is 1.35. The van der Waals surface area contributed by atoms with Crippen molar-refractivity contribution in [3.05, 3.63) is 18.3 Å². The summed E-state index contributed by atoms with van der Waals surface area (Å²) in [4.78, 5) is 12.2. The van der Waals surface area contributed by atoms with Crippen molar-refractivity contribution in [2.75, 3.05) is 27.4 Å². The Balaban J connectivity index is 1.99. The van der Waals surface area contributed by atoms with E-state index in [0.29, 0.717) is 36.4 Å². The average Bonchev–Trinajstić information content (AvgIpc) is 2.92. The van der Waals surface area contributed by atoms with Crippen molar-refractivity contribution < 1.29 is 14.0 Å². The van der Waals surface area contributed by atoms with Crippen molar-refractivity contribution >= 4 is 0 Å². The van der Waals surface area contributed by atoms with Gasteiger partial charge in [0.1, 0.15) is 12.0 Å². The molecule has 1 N–H and O–H groups in total. The normalized spacial score (nSPS) is 10.6. The number of methoxy groups -OCH3 is 2. The molecular formula is C11H15N5O3. The van der Waals surface area contributed by atoms with E-state index in [1.54, 1.807) is 13.2 Å². The molecule has 8 heteroatoms. The zero-order valence-electron chi connectivity index (χ0n) is 10.8. The molecular weight excluding hydrogens is 250 g/mol. The number of aromatic nitrogens is 4. The molecule has 0 aromatic carbocycles. The van der Waals surface area contributed by atoms with E-state index in [1.165, 1.54) is 13.4 Å². The first-order chi connectivity index (χ1) is 9.33. The summed E-state index contributed by atoms with van der Waals surface area (Å²) in [7, 11) is 3.18.